The molecule has 2 N–H and O–H groups in total. The number of anilines is 1. The molecular weight excluding hydrogens is 547 g/mol. The smallest absolute Gasteiger partial charge is 0.361 e. The molecule has 0 saturated carbocycles. The number of amides is 2. The number of thioether (sulfide) groups is 1. The van der Waals surface area contributed by atoms with E-state index < -0.39 is 23.0 Å². The molecule has 0 aromatic carbocycles. The van der Waals surface area contributed by atoms with Crippen molar-refractivity contribution >= 4 is 34.9 Å². The molecule has 2 aliphatic heterocycles. The lowest BCUT2D eigenvalue weighted by molar-refractivity contribution is -0.141. The summed E-state index contributed by atoms with van der Waals surface area (Å²) in [6.07, 6.45) is 0.299. The third-order valence-electron chi connectivity index (χ3n) is 6.71. The van der Waals surface area contributed by atoms with E-state index in [1.54, 1.807) is 38.3 Å². The van der Waals surface area contributed by atoms with Crippen LogP contribution in [0.4, 0.5) is 23.9 Å². The lowest BCUT2D eigenvalue weighted by atomic mass is 9.97. The number of aryl methyl sites for hydroxylation is 2. The highest BCUT2D eigenvalue weighted by molar-refractivity contribution is 8.18. The van der Waals surface area contributed by atoms with Crippen molar-refractivity contribution in [3.05, 3.63) is 57.7 Å². The minimum Gasteiger partial charge on any atom is -0.361 e. The Kier molecular flexibility index (Phi) is 7.90. The summed E-state index contributed by atoms with van der Waals surface area (Å²) < 4.78 is 45.8. The maximum absolute atomic E-state index is 13.6. The third kappa shape index (κ3) is 6.33. The molecule has 0 spiro atoms. The van der Waals surface area contributed by atoms with Crippen LogP contribution in [-0.4, -0.2) is 50.9 Å². The number of carbonyl (C=O) groups excluding carboxylic acids is 2. The summed E-state index contributed by atoms with van der Waals surface area (Å²) in [4.78, 5) is 38.3. The van der Waals surface area contributed by atoms with Crippen molar-refractivity contribution in [1.29, 1.82) is 0 Å². The van der Waals surface area contributed by atoms with Gasteiger partial charge in [0, 0.05) is 25.8 Å². The molecule has 0 unspecified atom stereocenters. The van der Waals surface area contributed by atoms with Gasteiger partial charge in [0.25, 0.3) is 11.1 Å². The molecule has 2 aliphatic rings. The summed E-state index contributed by atoms with van der Waals surface area (Å²) in [5.74, 6) is 0.847. The molecule has 3 aromatic heterocycles. The maximum Gasteiger partial charge on any atom is 0.433 e. The zero-order chi connectivity index (χ0) is 28.4. The molecule has 210 valence electrons. The lowest BCUT2D eigenvalue weighted by Gasteiger charge is -2.32. The maximum atomic E-state index is 13.6. The first kappa shape index (κ1) is 27.8. The topological polar surface area (TPSA) is 126 Å². The van der Waals surface area contributed by atoms with Gasteiger partial charge in [-0.3, -0.25) is 14.9 Å². The summed E-state index contributed by atoms with van der Waals surface area (Å²) in [6, 6.07) is 4.38. The van der Waals surface area contributed by atoms with E-state index in [9.17, 15) is 22.8 Å². The van der Waals surface area contributed by atoms with Crippen LogP contribution in [-0.2, 0) is 17.5 Å². The largest absolute Gasteiger partial charge is 0.433 e. The normalized spacial score (nSPS) is 17.6. The predicted molar refractivity (Wildman–Crippen MR) is 142 cm³/mol. The van der Waals surface area contributed by atoms with Crippen LogP contribution >= 0.6 is 11.8 Å². The Labute approximate surface area is 231 Å². The van der Waals surface area contributed by atoms with Gasteiger partial charge in [-0.05, 0) is 80.8 Å². The van der Waals surface area contributed by atoms with Gasteiger partial charge in [-0.25, -0.2) is 15.0 Å². The molecule has 5 heterocycles. The first-order chi connectivity index (χ1) is 19.1. The molecule has 0 bridgehead atoms. The van der Waals surface area contributed by atoms with Crippen molar-refractivity contribution in [1.82, 2.24) is 30.7 Å². The second-order valence-electron chi connectivity index (χ2n) is 9.64. The molecule has 10 nitrogen and oxygen atoms in total. The first-order valence-corrected chi connectivity index (χ1v) is 13.4. The Hall–Kier alpha value is -3.78. The molecule has 2 fully saturated rings. The van der Waals surface area contributed by atoms with Gasteiger partial charge in [-0.15, -0.1) is 0 Å². The standard InChI is InChI=1S/C26H26F3N7O3S/c1-14-22(15(2)39-35-14)19-9-17(10-21(33-19)26(27,28)29)13-30-12-16-4-7-36(8-5-16)24-31-6-3-18(32-24)11-20-23(37)34-25(38)40-20/h3,6,9-11,16,30H,4-5,7-8,12-13H2,1-2H3,(H,34,37,38)/b20-11+. The number of imide groups is 1. The Balaban J connectivity index is 1.18. The quantitative estimate of drug-likeness (QED) is 0.391. The van der Waals surface area contributed by atoms with Gasteiger partial charge in [-0.1, -0.05) is 5.16 Å². The van der Waals surface area contributed by atoms with Crippen LogP contribution in [0.1, 0.15) is 41.2 Å². The number of nitrogens with one attached hydrogen (secondary N) is 2. The van der Waals surface area contributed by atoms with Gasteiger partial charge in [0.1, 0.15) is 11.5 Å². The summed E-state index contributed by atoms with van der Waals surface area (Å²) in [6.45, 7) is 5.65. The Morgan fingerprint density at radius 3 is 2.62 bits per heavy atom. The SMILES string of the molecule is Cc1noc(C)c1-c1cc(CNCC2CCN(c3nccc(/C=C4/SC(=O)NC4=O)n3)CC2)cc(C(F)(F)F)n1. The number of alkyl halides is 3. The molecule has 0 aliphatic carbocycles. The first-order valence-electron chi connectivity index (χ1n) is 12.6. The summed E-state index contributed by atoms with van der Waals surface area (Å²) in [5.41, 5.74) is 1.21. The zero-order valence-corrected chi connectivity index (χ0v) is 22.5. The van der Waals surface area contributed by atoms with Crippen LogP contribution in [0.15, 0.2) is 33.8 Å². The molecule has 0 atom stereocenters. The van der Waals surface area contributed by atoms with Gasteiger partial charge < -0.3 is 14.7 Å². The number of aromatic nitrogens is 4. The Morgan fingerprint density at radius 2 is 1.98 bits per heavy atom. The average Bonchev–Trinajstić information content (AvgIpc) is 3.42. The fourth-order valence-corrected chi connectivity index (χ4v) is 5.39. The molecule has 14 heteroatoms. The number of piperidine rings is 1. The van der Waals surface area contributed by atoms with Gasteiger partial charge in [-0.2, -0.15) is 13.2 Å². The second kappa shape index (κ2) is 11.4. The minimum atomic E-state index is -4.58. The van der Waals surface area contributed by atoms with E-state index in [-0.39, 0.29) is 17.1 Å². The van der Waals surface area contributed by atoms with Gasteiger partial charge in [0.05, 0.1) is 27.6 Å². The van der Waals surface area contributed by atoms with Crippen LogP contribution in [0.3, 0.4) is 0 Å². The molecule has 40 heavy (non-hydrogen) atoms. The van der Waals surface area contributed by atoms with Gasteiger partial charge in [0.2, 0.25) is 5.95 Å². The van der Waals surface area contributed by atoms with Crippen LogP contribution in [0.2, 0.25) is 0 Å². The molecule has 0 radical (unpaired) electrons. The van der Waals surface area contributed by atoms with E-state index in [0.29, 0.717) is 59.8 Å². The van der Waals surface area contributed by atoms with Gasteiger partial charge in [0.15, 0.2) is 0 Å². The van der Waals surface area contributed by atoms with E-state index in [1.165, 1.54) is 0 Å². The number of hydrogen-bond acceptors (Lipinski definition) is 10. The zero-order valence-electron chi connectivity index (χ0n) is 21.7. The van der Waals surface area contributed by atoms with E-state index in [0.717, 1.165) is 30.7 Å². The van der Waals surface area contributed by atoms with E-state index >= 15 is 0 Å². The number of carbonyl (C=O) groups is 2. The van der Waals surface area contributed by atoms with Crippen LogP contribution in [0, 0.1) is 19.8 Å². The molecule has 5 rings (SSSR count). The average molecular weight is 574 g/mol. The van der Waals surface area contributed by atoms with Crippen molar-refractivity contribution in [3.8, 4) is 11.3 Å². The number of hydrogen-bond donors (Lipinski definition) is 2. The van der Waals surface area contributed by atoms with E-state index in [4.69, 9.17) is 4.52 Å². The summed E-state index contributed by atoms with van der Waals surface area (Å²) >= 11 is 0.834. The predicted octanol–water partition coefficient (Wildman–Crippen LogP) is 4.49. The van der Waals surface area contributed by atoms with E-state index in [2.05, 4.69) is 35.6 Å². The molecular formula is C26H26F3N7O3S. The minimum absolute atomic E-state index is 0.188. The van der Waals surface area contributed by atoms with Crippen LogP contribution in [0.5, 0.6) is 0 Å². The highest BCUT2D eigenvalue weighted by atomic mass is 32.2. The van der Waals surface area contributed by atoms with Crippen molar-refractivity contribution < 1.29 is 27.3 Å². The number of pyridine rings is 1. The van der Waals surface area contributed by atoms with Crippen molar-refractivity contribution in [3.63, 3.8) is 0 Å². The lowest BCUT2D eigenvalue weighted by Crippen LogP contribution is -2.38. The Bertz CT molecular complexity index is 1450. The van der Waals surface area contributed by atoms with Crippen molar-refractivity contribution in [2.24, 2.45) is 5.92 Å². The highest BCUT2D eigenvalue weighted by Crippen LogP contribution is 2.33. The van der Waals surface area contributed by atoms with Crippen LogP contribution in [0.25, 0.3) is 17.3 Å². The van der Waals surface area contributed by atoms with Crippen LogP contribution < -0.4 is 15.5 Å². The second-order valence-corrected chi connectivity index (χ2v) is 10.7. The highest BCUT2D eigenvalue weighted by Gasteiger charge is 2.34. The fourth-order valence-electron chi connectivity index (χ4n) is 4.72. The summed E-state index contributed by atoms with van der Waals surface area (Å²) in [7, 11) is 0. The van der Waals surface area contributed by atoms with Gasteiger partial charge >= 0.3 is 6.18 Å². The van der Waals surface area contributed by atoms with Crippen molar-refractivity contribution in [2.45, 2.75) is 39.4 Å². The fraction of sp³-hybridized carbons (Fsp3) is 0.385. The number of halogens is 3. The van der Waals surface area contributed by atoms with Crippen molar-refractivity contribution in [2.75, 3.05) is 24.5 Å². The molecule has 3 aromatic rings. The summed E-state index contributed by atoms with van der Waals surface area (Å²) in [5, 5.41) is 8.95. The molecule has 2 amide bonds. The van der Waals surface area contributed by atoms with E-state index in [1.807, 2.05) is 0 Å². The molecule has 2 saturated heterocycles. The number of rotatable bonds is 7. The number of nitrogens with zero attached hydrogens (tertiary/aromatic N) is 5. The third-order valence-corrected chi connectivity index (χ3v) is 7.52. The monoisotopic (exact) mass is 573 g/mol. The Morgan fingerprint density at radius 1 is 1.20 bits per heavy atom.